The lowest BCUT2D eigenvalue weighted by atomic mass is 10.0. The number of aromatic nitrogens is 1. The van der Waals surface area contributed by atoms with Gasteiger partial charge in [0.05, 0.1) is 10.4 Å². The van der Waals surface area contributed by atoms with Gasteiger partial charge >= 0.3 is 0 Å². The highest BCUT2D eigenvalue weighted by Crippen LogP contribution is 2.49. The predicted octanol–water partition coefficient (Wildman–Crippen LogP) is 15.2. The van der Waals surface area contributed by atoms with Gasteiger partial charge in [-0.05, 0) is 82.6 Å². The second-order valence-electron chi connectivity index (χ2n) is 14.3. The monoisotopic (exact) mass is 734 g/mol. The molecule has 0 unspecified atom stereocenters. The molecule has 0 N–H and O–H groups in total. The Morgan fingerprint density at radius 2 is 1.11 bits per heavy atom. The summed E-state index contributed by atoms with van der Waals surface area (Å²) in [5.41, 5.74) is 9.88. The van der Waals surface area contributed by atoms with Crippen molar-refractivity contribution in [3.05, 3.63) is 182 Å². The minimum absolute atomic E-state index is 0.631. The van der Waals surface area contributed by atoms with Crippen molar-refractivity contribution in [2.75, 3.05) is 4.90 Å². The quantitative estimate of drug-likeness (QED) is 0.177. The van der Waals surface area contributed by atoms with Gasteiger partial charge in [-0.3, -0.25) is 0 Å². The molecular weight excluding hydrogens is 705 g/mol. The van der Waals surface area contributed by atoms with Crippen LogP contribution in [0.5, 0.6) is 0 Å². The Morgan fingerprint density at radius 1 is 0.393 bits per heavy atom. The number of thiophene rings is 1. The number of hydrogen-bond acceptors (Lipinski definition) is 5. The Morgan fingerprint density at radius 3 is 2.02 bits per heavy atom. The largest absolute Gasteiger partial charge is 0.456 e. The average molecular weight is 735 g/mol. The third-order valence-corrected chi connectivity index (χ3v) is 12.3. The van der Waals surface area contributed by atoms with Gasteiger partial charge in [-0.1, -0.05) is 115 Å². The molecule has 56 heavy (non-hydrogen) atoms. The van der Waals surface area contributed by atoms with Crippen molar-refractivity contribution >= 4 is 103 Å². The average Bonchev–Trinajstić information content (AvgIpc) is 3.98. The molecule has 0 aliphatic heterocycles. The topological polar surface area (TPSA) is 42.4 Å². The van der Waals surface area contributed by atoms with Crippen LogP contribution >= 0.6 is 11.3 Å². The van der Waals surface area contributed by atoms with Gasteiger partial charge in [0.2, 0.25) is 5.89 Å². The van der Waals surface area contributed by atoms with Gasteiger partial charge in [-0.25, -0.2) is 4.98 Å². The zero-order valence-corrected chi connectivity index (χ0v) is 30.8. The van der Waals surface area contributed by atoms with Gasteiger partial charge in [0.15, 0.2) is 5.58 Å². The molecule has 0 aliphatic rings. The van der Waals surface area contributed by atoms with Crippen LogP contribution in [0.25, 0.3) is 97.3 Å². The standard InChI is InChI=1S/C51H30N2O2S/c1-2-11-31(12-3-1)34-15-10-16-36(28-34)53(37-23-24-40-39-18-8-9-20-45(39)54-47(40)29-37)44-30-43-42-25-26-46-48(50(42)56-49(43)41-19-7-6-17-38(41)44)52-51(55-46)35-22-21-32-13-4-5-14-33(32)27-35/h1-30H. The maximum absolute atomic E-state index is 6.47. The van der Waals surface area contributed by atoms with E-state index in [0.29, 0.717) is 5.89 Å². The Balaban J connectivity index is 1.10. The molecule has 4 nitrogen and oxygen atoms in total. The number of para-hydroxylation sites is 1. The molecule has 3 aromatic heterocycles. The third-order valence-electron chi connectivity index (χ3n) is 11.1. The molecule has 0 radical (unpaired) electrons. The molecule has 12 rings (SSSR count). The summed E-state index contributed by atoms with van der Waals surface area (Å²) < 4.78 is 15.3. The van der Waals surface area contributed by atoms with Crippen LogP contribution in [0.2, 0.25) is 0 Å². The fourth-order valence-electron chi connectivity index (χ4n) is 8.39. The van der Waals surface area contributed by atoms with Crippen LogP contribution in [0.4, 0.5) is 17.1 Å². The van der Waals surface area contributed by atoms with Gasteiger partial charge in [0, 0.05) is 60.0 Å². The minimum atomic E-state index is 0.631. The fraction of sp³-hybridized carbons (Fsp3) is 0. The first-order valence-electron chi connectivity index (χ1n) is 18.8. The van der Waals surface area contributed by atoms with E-state index < -0.39 is 0 Å². The lowest BCUT2D eigenvalue weighted by Gasteiger charge is -2.27. The van der Waals surface area contributed by atoms with E-state index in [4.69, 9.17) is 13.8 Å². The van der Waals surface area contributed by atoms with E-state index in [9.17, 15) is 0 Å². The number of benzene rings is 9. The van der Waals surface area contributed by atoms with Crippen LogP contribution in [-0.2, 0) is 0 Å². The lowest BCUT2D eigenvalue weighted by molar-refractivity contribution is 0.620. The summed E-state index contributed by atoms with van der Waals surface area (Å²) in [6.45, 7) is 0. The van der Waals surface area contributed by atoms with E-state index in [0.717, 1.165) is 82.1 Å². The molecule has 0 aliphatic carbocycles. The van der Waals surface area contributed by atoms with Gasteiger partial charge in [-0.15, -0.1) is 11.3 Å². The molecule has 5 heteroatoms. The van der Waals surface area contributed by atoms with Crippen molar-refractivity contribution in [2.45, 2.75) is 0 Å². The molecule has 0 atom stereocenters. The first-order valence-corrected chi connectivity index (χ1v) is 19.6. The molecule has 0 saturated carbocycles. The third kappa shape index (κ3) is 4.81. The zero-order valence-electron chi connectivity index (χ0n) is 29.9. The number of hydrogen-bond donors (Lipinski definition) is 0. The number of oxazole rings is 1. The Bertz CT molecular complexity index is 3500. The maximum atomic E-state index is 6.47. The van der Waals surface area contributed by atoms with Crippen molar-refractivity contribution in [1.82, 2.24) is 4.98 Å². The highest BCUT2D eigenvalue weighted by atomic mass is 32.1. The number of nitrogens with zero attached hydrogens (tertiary/aromatic N) is 2. The second-order valence-corrected chi connectivity index (χ2v) is 15.3. The van der Waals surface area contributed by atoms with Crippen LogP contribution in [0.15, 0.2) is 191 Å². The number of anilines is 3. The zero-order chi connectivity index (χ0) is 36.7. The van der Waals surface area contributed by atoms with Crippen molar-refractivity contribution in [1.29, 1.82) is 0 Å². The van der Waals surface area contributed by atoms with E-state index in [1.54, 1.807) is 11.3 Å². The molecule has 0 spiro atoms. The summed E-state index contributed by atoms with van der Waals surface area (Å²) >= 11 is 1.79. The van der Waals surface area contributed by atoms with Crippen LogP contribution in [0, 0.1) is 0 Å². The summed E-state index contributed by atoms with van der Waals surface area (Å²) in [6, 6.07) is 64.4. The molecule has 3 heterocycles. The highest BCUT2D eigenvalue weighted by Gasteiger charge is 2.23. The van der Waals surface area contributed by atoms with Gasteiger partial charge in [-0.2, -0.15) is 0 Å². The van der Waals surface area contributed by atoms with Crippen LogP contribution in [0.3, 0.4) is 0 Å². The molecule has 0 amide bonds. The van der Waals surface area contributed by atoms with Crippen LogP contribution in [0.1, 0.15) is 0 Å². The summed E-state index contributed by atoms with van der Waals surface area (Å²) in [5, 5.41) is 9.28. The van der Waals surface area contributed by atoms with E-state index >= 15 is 0 Å². The lowest BCUT2D eigenvalue weighted by Crippen LogP contribution is -2.10. The molecule has 0 fully saturated rings. The summed E-state index contributed by atoms with van der Waals surface area (Å²) in [5.74, 6) is 0.631. The SMILES string of the molecule is c1ccc(-c2cccc(N(c3ccc4c(c3)oc3ccccc34)c3cc4c5ccc6oc(-c7ccc8ccccc8c7)nc6c5sc4c4ccccc34)c2)cc1. The molecule has 0 bridgehead atoms. The molecular formula is C51H30N2O2S. The number of fused-ring (bicyclic) bond motifs is 11. The van der Waals surface area contributed by atoms with E-state index in [-0.39, 0.29) is 0 Å². The second kappa shape index (κ2) is 12.2. The van der Waals surface area contributed by atoms with Crippen LogP contribution in [-0.4, -0.2) is 4.98 Å². The predicted molar refractivity (Wildman–Crippen MR) is 235 cm³/mol. The van der Waals surface area contributed by atoms with E-state index in [1.807, 2.05) is 12.1 Å². The summed E-state index contributed by atoms with van der Waals surface area (Å²) in [6.07, 6.45) is 0. The fourth-order valence-corrected chi connectivity index (χ4v) is 9.70. The van der Waals surface area contributed by atoms with Crippen molar-refractivity contribution in [3.63, 3.8) is 0 Å². The number of furan rings is 1. The van der Waals surface area contributed by atoms with Gasteiger partial charge < -0.3 is 13.7 Å². The first-order chi connectivity index (χ1) is 27.7. The van der Waals surface area contributed by atoms with Crippen molar-refractivity contribution in [2.24, 2.45) is 0 Å². The smallest absolute Gasteiger partial charge is 0.227 e. The Hall–Kier alpha value is -7.21. The molecule has 262 valence electrons. The van der Waals surface area contributed by atoms with Crippen molar-refractivity contribution < 1.29 is 8.83 Å². The maximum Gasteiger partial charge on any atom is 0.227 e. The van der Waals surface area contributed by atoms with E-state index in [1.165, 1.54) is 26.4 Å². The normalized spacial score (nSPS) is 11.9. The number of rotatable bonds is 5. The van der Waals surface area contributed by atoms with Crippen molar-refractivity contribution in [3.8, 4) is 22.6 Å². The molecule has 9 aromatic carbocycles. The minimum Gasteiger partial charge on any atom is -0.456 e. The summed E-state index contributed by atoms with van der Waals surface area (Å²) in [4.78, 5) is 7.54. The van der Waals surface area contributed by atoms with Gasteiger partial charge in [0.1, 0.15) is 16.7 Å². The molecule has 0 saturated heterocycles. The molecule has 12 aromatic rings. The van der Waals surface area contributed by atoms with Crippen LogP contribution < -0.4 is 4.90 Å². The Labute approximate surface area is 325 Å². The Kier molecular flexibility index (Phi) is 6.76. The first kappa shape index (κ1) is 31.2. The summed E-state index contributed by atoms with van der Waals surface area (Å²) in [7, 11) is 0. The van der Waals surface area contributed by atoms with E-state index in [2.05, 4.69) is 175 Å². The van der Waals surface area contributed by atoms with Gasteiger partial charge in [0.25, 0.3) is 0 Å². The highest BCUT2D eigenvalue weighted by molar-refractivity contribution is 7.27.